The smallest absolute Gasteiger partial charge is 0.162 e. The van der Waals surface area contributed by atoms with Gasteiger partial charge in [-0.1, -0.05) is 30.3 Å². The largest absolute Gasteiger partial charge is 0.381 e. The van der Waals surface area contributed by atoms with E-state index in [9.17, 15) is 0 Å². The molecule has 2 aliphatic heterocycles. The van der Waals surface area contributed by atoms with Crippen molar-refractivity contribution in [3.05, 3.63) is 54.5 Å². The standard InChI is InChI=1S/C22H27N5O/c1-25-9-10-26(17-22(25)7-11-28-12-8-22)15-18-13-23-21-20(14-24-27(21)16-18)19-5-3-2-4-6-19/h2-6,13-14,16H,7-12,15,17H2,1H3. The van der Waals surface area contributed by atoms with E-state index in [1.807, 2.05) is 35.1 Å². The summed E-state index contributed by atoms with van der Waals surface area (Å²) in [6.45, 7) is 5.96. The minimum absolute atomic E-state index is 0.264. The normalized spacial score (nSPS) is 20.8. The lowest BCUT2D eigenvalue weighted by Gasteiger charge is -2.51. The predicted molar refractivity (Wildman–Crippen MR) is 109 cm³/mol. The molecule has 0 radical (unpaired) electrons. The van der Waals surface area contributed by atoms with Crippen LogP contribution >= 0.6 is 0 Å². The van der Waals surface area contributed by atoms with Crippen molar-refractivity contribution in [2.45, 2.75) is 24.9 Å². The maximum Gasteiger partial charge on any atom is 0.162 e. The van der Waals surface area contributed by atoms with Gasteiger partial charge >= 0.3 is 0 Å². The van der Waals surface area contributed by atoms with Crippen LogP contribution in [0.3, 0.4) is 0 Å². The predicted octanol–water partition coefficient (Wildman–Crippen LogP) is 2.69. The van der Waals surface area contributed by atoms with Gasteiger partial charge in [-0.3, -0.25) is 9.80 Å². The summed E-state index contributed by atoms with van der Waals surface area (Å²) in [6.07, 6.45) is 8.30. The molecule has 1 spiro atoms. The molecule has 5 rings (SSSR count). The summed E-state index contributed by atoms with van der Waals surface area (Å²) < 4.78 is 7.53. The molecule has 6 nitrogen and oxygen atoms in total. The number of benzene rings is 1. The molecule has 0 bridgehead atoms. The Kier molecular flexibility index (Phi) is 4.62. The monoisotopic (exact) mass is 377 g/mol. The molecule has 1 aromatic carbocycles. The average Bonchev–Trinajstić information content (AvgIpc) is 3.15. The van der Waals surface area contributed by atoms with Crippen LogP contribution in [0.15, 0.2) is 48.9 Å². The van der Waals surface area contributed by atoms with Crippen LogP contribution in [0.4, 0.5) is 0 Å². The molecule has 2 fully saturated rings. The van der Waals surface area contributed by atoms with Crippen LogP contribution in [-0.4, -0.2) is 69.8 Å². The number of piperazine rings is 1. The van der Waals surface area contributed by atoms with E-state index in [1.54, 1.807) is 0 Å². The Morgan fingerprint density at radius 2 is 1.89 bits per heavy atom. The van der Waals surface area contributed by atoms with E-state index in [-0.39, 0.29) is 5.54 Å². The van der Waals surface area contributed by atoms with Crippen molar-refractivity contribution in [2.24, 2.45) is 0 Å². The van der Waals surface area contributed by atoms with Crippen LogP contribution in [0, 0.1) is 0 Å². The van der Waals surface area contributed by atoms with Gasteiger partial charge in [-0.25, -0.2) is 9.50 Å². The highest BCUT2D eigenvalue weighted by atomic mass is 16.5. The first-order valence-electron chi connectivity index (χ1n) is 10.1. The molecular weight excluding hydrogens is 350 g/mol. The molecule has 0 amide bonds. The van der Waals surface area contributed by atoms with Gasteiger partial charge in [0.15, 0.2) is 5.65 Å². The van der Waals surface area contributed by atoms with Crippen LogP contribution in [0.5, 0.6) is 0 Å². The van der Waals surface area contributed by atoms with Gasteiger partial charge in [-0.05, 0) is 25.5 Å². The number of aromatic nitrogens is 3. The molecule has 0 saturated carbocycles. The van der Waals surface area contributed by atoms with Crippen molar-refractivity contribution < 1.29 is 4.74 Å². The number of likely N-dealkylation sites (N-methyl/N-ethyl adjacent to an activating group) is 1. The number of nitrogens with zero attached hydrogens (tertiary/aromatic N) is 5. The van der Waals surface area contributed by atoms with E-state index >= 15 is 0 Å². The van der Waals surface area contributed by atoms with E-state index in [4.69, 9.17) is 9.72 Å². The van der Waals surface area contributed by atoms with Gasteiger partial charge in [-0.15, -0.1) is 0 Å². The molecule has 2 aliphatic rings. The van der Waals surface area contributed by atoms with Crippen LogP contribution in [0.25, 0.3) is 16.8 Å². The molecule has 146 valence electrons. The van der Waals surface area contributed by atoms with Crippen molar-refractivity contribution in [1.82, 2.24) is 24.4 Å². The molecule has 0 unspecified atom stereocenters. The molecule has 3 aromatic rings. The topological polar surface area (TPSA) is 45.9 Å². The van der Waals surface area contributed by atoms with Crippen molar-refractivity contribution >= 4 is 5.65 Å². The van der Waals surface area contributed by atoms with Crippen molar-refractivity contribution in [2.75, 3.05) is 39.9 Å². The summed E-state index contributed by atoms with van der Waals surface area (Å²) in [5.74, 6) is 0. The molecular formula is C22H27N5O. The Hall–Kier alpha value is -2.28. The van der Waals surface area contributed by atoms with Crippen LogP contribution in [0.2, 0.25) is 0 Å². The fourth-order valence-corrected chi connectivity index (χ4v) is 4.65. The van der Waals surface area contributed by atoms with Gasteiger partial charge in [0.05, 0.1) is 6.20 Å². The molecule has 0 atom stereocenters. The number of hydrogen-bond acceptors (Lipinski definition) is 5. The first kappa shape index (κ1) is 17.8. The lowest BCUT2D eigenvalue weighted by Crippen LogP contribution is -2.62. The first-order valence-corrected chi connectivity index (χ1v) is 10.1. The van der Waals surface area contributed by atoms with Gasteiger partial charge in [0.25, 0.3) is 0 Å². The Balaban J connectivity index is 1.36. The van der Waals surface area contributed by atoms with E-state index in [1.165, 1.54) is 5.56 Å². The third kappa shape index (κ3) is 3.21. The second kappa shape index (κ2) is 7.28. The van der Waals surface area contributed by atoms with Gasteiger partial charge in [-0.2, -0.15) is 5.10 Å². The van der Waals surface area contributed by atoms with E-state index < -0.39 is 0 Å². The lowest BCUT2D eigenvalue weighted by atomic mass is 9.86. The van der Waals surface area contributed by atoms with Gasteiger partial charge in [0.1, 0.15) is 0 Å². The molecule has 4 heterocycles. The Morgan fingerprint density at radius 1 is 1.07 bits per heavy atom. The first-order chi connectivity index (χ1) is 13.7. The minimum atomic E-state index is 0.264. The third-order valence-electron chi connectivity index (χ3n) is 6.40. The molecule has 0 N–H and O–H groups in total. The van der Waals surface area contributed by atoms with Crippen molar-refractivity contribution in [3.8, 4) is 11.1 Å². The highest BCUT2D eigenvalue weighted by Gasteiger charge is 2.40. The highest BCUT2D eigenvalue weighted by Crippen LogP contribution is 2.31. The van der Waals surface area contributed by atoms with Crippen LogP contribution in [0.1, 0.15) is 18.4 Å². The SMILES string of the molecule is CN1CCN(Cc2cnc3c(-c4ccccc4)cnn3c2)CC12CCOCC2. The number of fused-ring (bicyclic) bond motifs is 1. The van der Waals surface area contributed by atoms with Gasteiger partial charge in [0, 0.05) is 68.5 Å². The summed E-state index contributed by atoms with van der Waals surface area (Å²) in [6, 6.07) is 10.3. The average molecular weight is 377 g/mol. The van der Waals surface area contributed by atoms with Gasteiger partial charge < -0.3 is 4.74 Å². The van der Waals surface area contributed by atoms with E-state index in [0.29, 0.717) is 0 Å². The van der Waals surface area contributed by atoms with E-state index in [0.717, 1.165) is 69.0 Å². The molecule has 0 aliphatic carbocycles. The molecule has 2 aromatic heterocycles. The van der Waals surface area contributed by atoms with E-state index in [2.05, 4.69) is 40.3 Å². The minimum Gasteiger partial charge on any atom is -0.381 e. The molecule has 2 saturated heterocycles. The number of rotatable bonds is 3. The Bertz CT molecular complexity index is 948. The maximum absolute atomic E-state index is 5.62. The maximum atomic E-state index is 5.62. The third-order valence-corrected chi connectivity index (χ3v) is 6.40. The lowest BCUT2D eigenvalue weighted by molar-refractivity contribution is -0.0625. The quantitative estimate of drug-likeness (QED) is 0.702. The zero-order chi connectivity index (χ0) is 19.0. The second-order valence-corrected chi connectivity index (χ2v) is 8.12. The summed E-state index contributed by atoms with van der Waals surface area (Å²) in [7, 11) is 2.27. The Morgan fingerprint density at radius 3 is 2.71 bits per heavy atom. The highest BCUT2D eigenvalue weighted by molar-refractivity contribution is 5.76. The fraction of sp³-hybridized carbons (Fsp3) is 0.455. The summed E-state index contributed by atoms with van der Waals surface area (Å²) in [4.78, 5) is 9.86. The second-order valence-electron chi connectivity index (χ2n) is 8.12. The fourth-order valence-electron chi connectivity index (χ4n) is 4.65. The number of hydrogen-bond donors (Lipinski definition) is 0. The van der Waals surface area contributed by atoms with Crippen LogP contribution in [-0.2, 0) is 11.3 Å². The summed E-state index contributed by atoms with van der Waals surface area (Å²) in [5, 5.41) is 4.56. The van der Waals surface area contributed by atoms with Crippen LogP contribution < -0.4 is 0 Å². The summed E-state index contributed by atoms with van der Waals surface area (Å²) >= 11 is 0. The Labute approximate surface area is 165 Å². The van der Waals surface area contributed by atoms with Gasteiger partial charge in [0.2, 0.25) is 0 Å². The summed E-state index contributed by atoms with van der Waals surface area (Å²) in [5.41, 5.74) is 4.61. The zero-order valence-electron chi connectivity index (χ0n) is 16.4. The zero-order valence-corrected chi connectivity index (χ0v) is 16.4. The van der Waals surface area contributed by atoms with Crippen molar-refractivity contribution in [1.29, 1.82) is 0 Å². The number of ether oxygens (including phenoxy) is 1. The molecule has 28 heavy (non-hydrogen) atoms. The van der Waals surface area contributed by atoms with Crippen molar-refractivity contribution in [3.63, 3.8) is 0 Å². The molecule has 6 heteroatoms.